The van der Waals surface area contributed by atoms with E-state index in [9.17, 15) is 14.3 Å². The summed E-state index contributed by atoms with van der Waals surface area (Å²) in [6, 6.07) is 8.81. The first-order chi connectivity index (χ1) is 6.93. The van der Waals surface area contributed by atoms with Crippen molar-refractivity contribution < 1.29 is 9.13 Å². The lowest BCUT2D eigenvalue weighted by molar-refractivity contribution is -0.483. The van der Waals surface area contributed by atoms with E-state index in [0.717, 1.165) is 0 Å². The normalized spacial score (nSPS) is 13.5. The summed E-state index contributed by atoms with van der Waals surface area (Å²) in [6.07, 6.45) is 0. The Hall–Kier alpha value is -1.23. The summed E-state index contributed by atoms with van der Waals surface area (Å²) in [4.78, 5) is 10.6. The zero-order valence-electron chi connectivity index (χ0n) is 8.67. The zero-order chi connectivity index (χ0) is 11.5. The molecular weight excluding hydrogens is 214 g/mol. The third-order valence-corrected chi connectivity index (χ3v) is 3.80. The molecule has 1 aromatic rings. The van der Waals surface area contributed by atoms with Crippen molar-refractivity contribution in [2.75, 3.05) is 6.54 Å². The Balaban J connectivity index is 2.89. The number of benzene rings is 1. The third-order valence-electron chi connectivity index (χ3n) is 1.97. The Kier molecular flexibility index (Phi) is 3.57. The van der Waals surface area contributed by atoms with Crippen LogP contribution in [0.25, 0.3) is 0 Å². The molecule has 1 unspecified atom stereocenters. The van der Waals surface area contributed by atoms with E-state index in [1.165, 1.54) is 0 Å². The molecule has 0 aliphatic rings. The van der Waals surface area contributed by atoms with Crippen LogP contribution in [0, 0.1) is 10.1 Å². The molecule has 1 atom stereocenters. The van der Waals surface area contributed by atoms with Crippen LogP contribution in [-0.4, -0.2) is 20.4 Å². The summed E-state index contributed by atoms with van der Waals surface area (Å²) >= 11 is 0. The maximum Gasteiger partial charge on any atom is 0.220 e. The first-order valence-electron chi connectivity index (χ1n) is 4.52. The van der Waals surface area contributed by atoms with Gasteiger partial charge >= 0.3 is 0 Å². The SMILES string of the molecule is CC(C)(C[N+](=O)[O-])S(=O)c1ccccc1. The molecule has 1 aromatic carbocycles. The number of rotatable bonds is 4. The molecule has 1 rings (SSSR count). The average molecular weight is 227 g/mol. The van der Waals surface area contributed by atoms with Crippen LogP contribution in [0.1, 0.15) is 13.8 Å². The molecule has 0 aromatic heterocycles. The second-order valence-electron chi connectivity index (χ2n) is 3.83. The van der Waals surface area contributed by atoms with Gasteiger partial charge in [0, 0.05) is 9.82 Å². The van der Waals surface area contributed by atoms with Gasteiger partial charge in [0.2, 0.25) is 6.54 Å². The second kappa shape index (κ2) is 4.53. The largest absolute Gasteiger partial charge is 0.264 e. The smallest absolute Gasteiger partial charge is 0.220 e. The summed E-state index contributed by atoms with van der Waals surface area (Å²) < 4.78 is 11.2. The van der Waals surface area contributed by atoms with Gasteiger partial charge in [0.05, 0.1) is 10.8 Å². The first-order valence-corrected chi connectivity index (χ1v) is 5.67. The first kappa shape index (κ1) is 11.8. The van der Waals surface area contributed by atoms with E-state index in [1.54, 1.807) is 38.1 Å². The fraction of sp³-hybridized carbons (Fsp3) is 0.400. The van der Waals surface area contributed by atoms with Crippen LogP contribution in [0.15, 0.2) is 35.2 Å². The van der Waals surface area contributed by atoms with Crippen LogP contribution in [-0.2, 0) is 10.8 Å². The standard InChI is InChI=1S/C10H13NO3S/c1-10(2,8-11(12)13)15(14)9-6-4-3-5-7-9/h3-7H,8H2,1-2H3. The summed E-state index contributed by atoms with van der Waals surface area (Å²) in [7, 11) is -1.36. The van der Waals surface area contributed by atoms with Gasteiger partial charge in [0.15, 0.2) is 0 Å². The number of hydrogen-bond acceptors (Lipinski definition) is 3. The van der Waals surface area contributed by atoms with Crippen LogP contribution in [0.3, 0.4) is 0 Å². The minimum atomic E-state index is -1.36. The van der Waals surface area contributed by atoms with Crippen LogP contribution < -0.4 is 0 Å². The van der Waals surface area contributed by atoms with Gasteiger partial charge in [-0.3, -0.25) is 14.3 Å². The van der Waals surface area contributed by atoms with Crippen molar-refractivity contribution in [2.24, 2.45) is 0 Å². The van der Waals surface area contributed by atoms with E-state index < -0.39 is 20.5 Å². The van der Waals surface area contributed by atoms with Gasteiger partial charge in [-0.05, 0) is 26.0 Å². The molecule has 82 valence electrons. The van der Waals surface area contributed by atoms with E-state index in [1.807, 2.05) is 6.07 Å². The summed E-state index contributed by atoms with van der Waals surface area (Å²) in [6.45, 7) is 2.98. The van der Waals surface area contributed by atoms with Crippen LogP contribution in [0.4, 0.5) is 0 Å². The lowest BCUT2D eigenvalue weighted by Crippen LogP contribution is -2.35. The molecular formula is C10H13NO3S. The highest BCUT2D eigenvalue weighted by molar-refractivity contribution is 7.86. The number of nitrogens with zero attached hydrogens (tertiary/aromatic N) is 1. The quantitative estimate of drug-likeness (QED) is 0.582. The van der Waals surface area contributed by atoms with Gasteiger partial charge in [-0.2, -0.15) is 0 Å². The minimum Gasteiger partial charge on any atom is -0.264 e. The lowest BCUT2D eigenvalue weighted by Gasteiger charge is -2.18. The van der Waals surface area contributed by atoms with Gasteiger partial charge in [0.1, 0.15) is 4.75 Å². The molecule has 0 aliphatic heterocycles. The Morgan fingerprint density at radius 2 is 1.87 bits per heavy atom. The van der Waals surface area contributed by atoms with Crippen LogP contribution in [0.5, 0.6) is 0 Å². The Morgan fingerprint density at radius 1 is 1.33 bits per heavy atom. The van der Waals surface area contributed by atoms with Gasteiger partial charge in [-0.1, -0.05) is 18.2 Å². The third kappa shape index (κ3) is 3.13. The summed E-state index contributed by atoms with van der Waals surface area (Å²) in [5, 5.41) is 10.4. The van der Waals surface area contributed by atoms with E-state index in [0.29, 0.717) is 4.90 Å². The van der Waals surface area contributed by atoms with Crippen molar-refractivity contribution in [2.45, 2.75) is 23.5 Å². The Morgan fingerprint density at radius 3 is 2.33 bits per heavy atom. The molecule has 0 bridgehead atoms. The highest BCUT2D eigenvalue weighted by atomic mass is 32.2. The fourth-order valence-electron chi connectivity index (χ4n) is 1.23. The maximum atomic E-state index is 12.0. The molecule has 0 radical (unpaired) electrons. The number of hydrogen-bond donors (Lipinski definition) is 0. The second-order valence-corrected chi connectivity index (χ2v) is 5.95. The van der Waals surface area contributed by atoms with Crippen molar-refractivity contribution in [3.63, 3.8) is 0 Å². The van der Waals surface area contributed by atoms with E-state index >= 15 is 0 Å². The van der Waals surface area contributed by atoms with E-state index in [2.05, 4.69) is 0 Å². The summed E-state index contributed by atoms with van der Waals surface area (Å²) in [5.74, 6) is 0. The lowest BCUT2D eigenvalue weighted by atomic mass is 10.2. The molecule has 0 aliphatic carbocycles. The monoisotopic (exact) mass is 227 g/mol. The molecule has 15 heavy (non-hydrogen) atoms. The topological polar surface area (TPSA) is 60.2 Å². The maximum absolute atomic E-state index is 12.0. The molecule has 0 saturated heterocycles. The molecule has 0 N–H and O–H groups in total. The predicted molar refractivity (Wildman–Crippen MR) is 58.8 cm³/mol. The zero-order valence-corrected chi connectivity index (χ0v) is 9.49. The van der Waals surface area contributed by atoms with Gasteiger partial charge in [-0.15, -0.1) is 0 Å². The molecule has 0 saturated carbocycles. The van der Waals surface area contributed by atoms with Crippen molar-refractivity contribution in [1.82, 2.24) is 0 Å². The van der Waals surface area contributed by atoms with Gasteiger partial charge < -0.3 is 0 Å². The summed E-state index contributed by atoms with van der Waals surface area (Å²) in [5.41, 5.74) is 0. The molecule has 4 nitrogen and oxygen atoms in total. The molecule has 5 heteroatoms. The fourth-order valence-corrected chi connectivity index (χ4v) is 2.50. The molecule has 0 amide bonds. The van der Waals surface area contributed by atoms with Crippen molar-refractivity contribution in [3.05, 3.63) is 40.4 Å². The molecule has 0 heterocycles. The minimum absolute atomic E-state index is 0.297. The predicted octanol–water partition coefficient (Wildman–Crippen LogP) is 1.85. The number of nitro groups is 1. The highest BCUT2D eigenvalue weighted by Gasteiger charge is 2.32. The van der Waals surface area contributed by atoms with Crippen LogP contribution in [0.2, 0.25) is 0 Å². The van der Waals surface area contributed by atoms with E-state index in [4.69, 9.17) is 0 Å². The Labute approximate surface area is 90.9 Å². The van der Waals surface area contributed by atoms with E-state index in [-0.39, 0.29) is 6.54 Å². The van der Waals surface area contributed by atoms with Crippen molar-refractivity contribution in [3.8, 4) is 0 Å². The highest BCUT2D eigenvalue weighted by Crippen LogP contribution is 2.20. The van der Waals surface area contributed by atoms with Crippen molar-refractivity contribution in [1.29, 1.82) is 0 Å². The van der Waals surface area contributed by atoms with Gasteiger partial charge in [0.25, 0.3) is 0 Å². The molecule has 0 fully saturated rings. The Bertz CT molecular complexity index is 376. The van der Waals surface area contributed by atoms with Crippen molar-refractivity contribution >= 4 is 10.8 Å². The van der Waals surface area contributed by atoms with Crippen LogP contribution >= 0.6 is 0 Å². The van der Waals surface area contributed by atoms with Gasteiger partial charge in [-0.25, -0.2) is 0 Å². The average Bonchev–Trinajstić information content (AvgIpc) is 2.16. The molecule has 0 spiro atoms.